The predicted molar refractivity (Wildman–Crippen MR) is 131 cm³/mol. The lowest BCUT2D eigenvalue weighted by molar-refractivity contribution is -0.384. The highest BCUT2D eigenvalue weighted by Gasteiger charge is 2.45. The molecule has 36 heavy (non-hydrogen) atoms. The molecule has 1 amide bonds. The lowest BCUT2D eigenvalue weighted by Gasteiger charge is -2.25. The molecular weight excluding hydrogens is 464 g/mol. The first-order chi connectivity index (χ1) is 17.4. The number of amides is 1. The van der Waals surface area contributed by atoms with Gasteiger partial charge in [0.05, 0.1) is 23.1 Å². The van der Waals surface area contributed by atoms with Gasteiger partial charge in [-0.2, -0.15) is 0 Å². The number of carbonyl (C=O) groups is 2. The second-order valence-electron chi connectivity index (χ2n) is 8.13. The highest BCUT2D eigenvalue weighted by atomic mass is 16.6. The van der Waals surface area contributed by atoms with Crippen molar-refractivity contribution in [3.05, 3.63) is 111 Å². The third-order valence-electron chi connectivity index (χ3n) is 5.87. The third-order valence-corrected chi connectivity index (χ3v) is 5.87. The molecular formula is C27H24N2O7. The quantitative estimate of drug-likeness (QED) is 0.157. The van der Waals surface area contributed by atoms with Crippen molar-refractivity contribution in [2.75, 3.05) is 20.3 Å². The molecule has 3 aromatic carbocycles. The van der Waals surface area contributed by atoms with Crippen LogP contribution < -0.4 is 4.74 Å². The van der Waals surface area contributed by atoms with Crippen molar-refractivity contribution in [1.82, 2.24) is 4.90 Å². The smallest absolute Gasteiger partial charge is 0.295 e. The summed E-state index contributed by atoms with van der Waals surface area (Å²) >= 11 is 0. The van der Waals surface area contributed by atoms with E-state index in [2.05, 4.69) is 0 Å². The molecule has 0 saturated carbocycles. The largest absolute Gasteiger partial charge is 0.507 e. The molecule has 1 aliphatic heterocycles. The van der Waals surface area contributed by atoms with Gasteiger partial charge in [-0.15, -0.1) is 0 Å². The van der Waals surface area contributed by atoms with E-state index in [1.54, 1.807) is 24.3 Å². The van der Waals surface area contributed by atoms with E-state index < -0.39 is 28.4 Å². The summed E-state index contributed by atoms with van der Waals surface area (Å²) in [6, 6.07) is 20.9. The summed E-state index contributed by atoms with van der Waals surface area (Å²) < 4.78 is 10.9. The fraction of sp³-hybridized carbons (Fsp3) is 0.185. The van der Waals surface area contributed by atoms with E-state index in [0.29, 0.717) is 17.9 Å². The number of aliphatic hydroxyl groups is 1. The van der Waals surface area contributed by atoms with Gasteiger partial charge in [0.2, 0.25) is 0 Å². The number of hydrogen-bond acceptors (Lipinski definition) is 7. The SMILES string of the molecule is COCCN1C(=O)C(=O)/C(=C(\O)c2ccc([N+](=O)[O-])cc2)C1c1ccc(OCc2ccccc2)cc1. The molecule has 184 valence electrons. The van der Waals surface area contributed by atoms with Crippen LogP contribution in [0.2, 0.25) is 0 Å². The summed E-state index contributed by atoms with van der Waals surface area (Å²) in [6.07, 6.45) is 0. The molecule has 0 aliphatic carbocycles. The van der Waals surface area contributed by atoms with Crippen LogP contribution in [0.5, 0.6) is 5.75 Å². The zero-order valence-electron chi connectivity index (χ0n) is 19.5. The first-order valence-corrected chi connectivity index (χ1v) is 11.2. The van der Waals surface area contributed by atoms with Gasteiger partial charge in [-0.1, -0.05) is 42.5 Å². The Kier molecular flexibility index (Phi) is 7.41. The summed E-state index contributed by atoms with van der Waals surface area (Å²) in [7, 11) is 1.49. The van der Waals surface area contributed by atoms with Crippen LogP contribution in [0.25, 0.3) is 5.76 Å². The molecule has 1 saturated heterocycles. The predicted octanol–water partition coefficient (Wildman–Crippen LogP) is 4.24. The lowest BCUT2D eigenvalue weighted by atomic mass is 9.95. The zero-order chi connectivity index (χ0) is 25.7. The molecule has 1 unspecified atom stereocenters. The van der Waals surface area contributed by atoms with E-state index in [1.807, 2.05) is 30.3 Å². The number of likely N-dealkylation sites (tertiary alicyclic amines) is 1. The van der Waals surface area contributed by atoms with Crippen molar-refractivity contribution in [3.8, 4) is 5.75 Å². The van der Waals surface area contributed by atoms with E-state index in [1.165, 1.54) is 36.3 Å². The molecule has 1 heterocycles. The molecule has 1 fully saturated rings. The van der Waals surface area contributed by atoms with Gasteiger partial charge in [-0.3, -0.25) is 19.7 Å². The van der Waals surface area contributed by atoms with Crippen molar-refractivity contribution in [1.29, 1.82) is 0 Å². The highest BCUT2D eigenvalue weighted by Crippen LogP contribution is 2.39. The molecule has 0 bridgehead atoms. The molecule has 4 rings (SSSR count). The number of nitro groups is 1. The Bertz CT molecular complexity index is 1290. The second kappa shape index (κ2) is 10.8. The number of non-ortho nitro benzene ring substituents is 1. The lowest BCUT2D eigenvalue weighted by Crippen LogP contribution is -2.32. The van der Waals surface area contributed by atoms with E-state index in [9.17, 15) is 24.8 Å². The number of aliphatic hydroxyl groups excluding tert-OH is 1. The Morgan fingerprint density at radius 3 is 2.28 bits per heavy atom. The maximum Gasteiger partial charge on any atom is 0.295 e. The minimum atomic E-state index is -0.862. The highest BCUT2D eigenvalue weighted by molar-refractivity contribution is 6.46. The Hall–Kier alpha value is -4.50. The number of hydrogen-bond donors (Lipinski definition) is 1. The number of nitrogens with zero attached hydrogens (tertiary/aromatic N) is 2. The number of ether oxygens (including phenoxy) is 2. The van der Waals surface area contributed by atoms with E-state index in [0.717, 1.165) is 5.56 Å². The second-order valence-corrected chi connectivity index (χ2v) is 8.13. The Labute approximate surface area is 207 Å². The maximum atomic E-state index is 13.0. The van der Waals surface area contributed by atoms with Crippen LogP contribution in [0.15, 0.2) is 84.4 Å². The van der Waals surface area contributed by atoms with Gasteiger partial charge in [0.15, 0.2) is 0 Å². The van der Waals surface area contributed by atoms with Gasteiger partial charge in [-0.25, -0.2) is 0 Å². The van der Waals surface area contributed by atoms with Crippen LogP contribution in [0.3, 0.4) is 0 Å². The summed E-state index contributed by atoms with van der Waals surface area (Å²) in [5, 5.41) is 22.0. The minimum Gasteiger partial charge on any atom is -0.507 e. The van der Waals surface area contributed by atoms with Crippen LogP contribution in [0, 0.1) is 10.1 Å². The fourth-order valence-corrected chi connectivity index (χ4v) is 4.03. The van der Waals surface area contributed by atoms with Gasteiger partial charge in [0.1, 0.15) is 18.1 Å². The molecule has 3 aromatic rings. The first kappa shape index (κ1) is 24.6. The van der Waals surface area contributed by atoms with E-state index in [-0.39, 0.29) is 30.0 Å². The molecule has 0 radical (unpaired) electrons. The van der Waals surface area contributed by atoms with Crippen molar-refractivity contribution in [2.24, 2.45) is 0 Å². The number of ketones is 1. The number of carbonyl (C=O) groups excluding carboxylic acids is 2. The monoisotopic (exact) mass is 488 g/mol. The van der Waals surface area contributed by atoms with Crippen molar-refractivity contribution < 1.29 is 29.1 Å². The average Bonchev–Trinajstić information content (AvgIpc) is 3.16. The number of methoxy groups -OCH3 is 1. The fourth-order valence-electron chi connectivity index (χ4n) is 4.03. The topological polar surface area (TPSA) is 119 Å². The molecule has 9 heteroatoms. The average molecular weight is 488 g/mol. The molecule has 1 N–H and O–H groups in total. The van der Waals surface area contributed by atoms with Gasteiger partial charge < -0.3 is 19.5 Å². The summed E-state index contributed by atoms with van der Waals surface area (Å²) in [5.41, 5.74) is 1.55. The number of Topliss-reactive ketones (excluding diaryl/α,β-unsaturated/α-hetero) is 1. The van der Waals surface area contributed by atoms with Crippen LogP contribution in [0.4, 0.5) is 5.69 Å². The number of nitro benzene ring substituents is 1. The van der Waals surface area contributed by atoms with E-state index in [4.69, 9.17) is 9.47 Å². The molecule has 1 aliphatic rings. The minimum absolute atomic E-state index is 0.0945. The first-order valence-electron chi connectivity index (χ1n) is 11.2. The summed E-state index contributed by atoms with van der Waals surface area (Å²) in [6.45, 7) is 0.709. The van der Waals surface area contributed by atoms with Crippen molar-refractivity contribution >= 4 is 23.1 Å². The number of benzene rings is 3. The van der Waals surface area contributed by atoms with Crippen LogP contribution >= 0.6 is 0 Å². The van der Waals surface area contributed by atoms with Crippen molar-refractivity contribution in [3.63, 3.8) is 0 Å². The summed E-state index contributed by atoms with van der Waals surface area (Å²) in [5.74, 6) is -1.40. The standard InChI is InChI=1S/C27H24N2O7/c1-35-16-15-28-24(19-9-13-22(14-10-19)36-17-18-5-3-2-4-6-18)23(26(31)27(28)32)25(30)20-7-11-21(12-8-20)29(33)34/h2-14,24,30H,15-17H2,1H3/b25-23-. The van der Waals surface area contributed by atoms with Crippen LogP contribution in [-0.2, 0) is 20.9 Å². The zero-order valence-corrected chi connectivity index (χ0v) is 19.5. The number of rotatable bonds is 9. The molecule has 0 spiro atoms. The molecule has 9 nitrogen and oxygen atoms in total. The van der Waals surface area contributed by atoms with E-state index >= 15 is 0 Å². The van der Waals surface area contributed by atoms with Gasteiger partial charge >= 0.3 is 0 Å². The Morgan fingerprint density at radius 2 is 1.67 bits per heavy atom. The van der Waals surface area contributed by atoms with Crippen molar-refractivity contribution in [2.45, 2.75) is 12.6 Å². The Morgan fingerprint density at radius 1 is 1.00 bits per heavy atom. The van der Waals surface area contributed by atoms with Gasteiger partial charge in [0, 0.05) is 31.4 Å². The van der Waals surface area contributed by atoms with Crippen LogP contribution in [-0.4, -0.2) is 46.9 Å². The van der Waals surface area contributed by atoms with Crippen LogP contribution in [0.1, 0.15) is 22.7 Å². The van der Waals surface area contributed by atoms with Gasteiger partial charge in [-0.05, 0) is 35.4 Å². The molecule has 0 aromatic heterocycles. The summed E-state index contributed by atoms with van der Waals surface area (Å²) in [4.78, 5) is 37.6. The normalized spacial score (nSPS) is 16.8. The van der Waals surface area contributed by atoms with Gasteiger partial charge in [0.25, 0.3) is 17.4 Å². The molecule has 1 atom stereocenters. The maximum absolute atomic E-state index is 13.0. The Balaban J connectivity index is 1.67. The third kappa shape index (κ3) is 5.11.